The second-order valence-electron chi connectivity index (χ2n) is 5.77. The quantitative estimate of drug-likeness (QED) is 0.801. The number of benzene rings is 1. The standard InChI is InChI=1S/C17H28N2/c1-4-17(5-2)19-11-9-18(10-12-19)14-16-8-6-7-15(3)13-16/h6-8,13,17H,4-5,9-12,14H2,1-3H3. The summed E-state index contributed by atoms with van der Waals surface area (Å²) in [4.78, 5) is 5.26. The van der Waals surface area contributed by atoms with E-state index < -0.39 is 0 Å². The van der Waals surface area contributed by atoms with Crippen molar-refractivity contribution in [1.29, 1.82) is 0 Å². The van der Waals surface area contributed by atoms with E-state index in [0.29, 0.717) is 0 Å². The van der Waals surface area contributed by atoms with Crippen LogP contribution >= 0.6 is 0 Å². The summed E-state index contributed by atoms with van der Waals surface area (Å²) in [6.45, 7) is 12.8. The summed E-state index contributed by atoms with van der Waals surface area (Å²) in [7, 11) is 0. The predicted octanol–water partition coefficient (Wildman–Crippen LogP) is 3.30. The molecule has 0 aromatic heterocycles. The second kappa shape index (κ2) is 7.06. The van der Waals surface area contributed by atoms with Crippen LogP contribution in [0.2, 0.25) is 0 Å². The normalized spacial score (nSPS) is 18.1. The molecule has 0 bridgehead atoms. The third-order valence-corrected chi connectivity index (χ3v) is 4.35. The number of hydrogen-bond donors (Lipinski definition) is 0. The van der Waals surface area contributed by atoms with Gasteiger partial charge in [0, 0.05) is 38.8 Å². The largest absolute Gasteiger partial charge is 0.298 e. The topological polar surface area (TPSA) is 6.48 Å². The fourth-order valence-corrected chi connectivity index (χ4v) is 3.16. The summed E-state index contributed by atoms with van der Waals surface area (Å²) in [6.07, 6.45) is 2.57. The van der Waals surface area contributed by atoms with E-state index in [-0.39, 0.29) is 0 Å². The molecule has 0 unspecified atom stereocenters. The highest BCUT2D eigenvalue weighted by Crippen LogP contribution is 2.14. The molecule has 1 aliphatic rings. The molecule has 0 saturated carbocycles. The first-order valence-electron chi connectivity index (χ1n) is 7.74. The first-order chi connectivity index (χ1) is 9.22. The third-order valence-electron chi connectivity index (χ3n) is 4.35. The van der Waals surface area contributed by atoms with Gasteiger partial charge in [0.05, 0.1) is 0 Å². The van der Waals surface area contributed by atoms with E-state index in [2.05, 4.69) is 54.8 Å². The summed E-state index contributed by atoms with van der Waals surface area (Å²) >= 11 is 0. The first kappa shape index (κ1) is 14.5. The highest BCUT2D eigenvalue weighted by Gasteiger charge is 2.21. The van der Waals surface area contributed by atoms with Gasteiger partial charge in [0.15, 0.2) is 0 Å². The lowest BCUT2D eigenvalue weighted by Crippen LogP contribution is -2.49. The maximum absolute atomic E-state index is 2.67. The predicted molar refractivity (Wildman–Crippen MR) is 82.4 cm³/mol. The van der Waals surface area contributed by atoms with Crippen LogP contribution in [0.5, 0.6) is 0 Å². The van der Waals surface area contributed by atoms with Crippen LogP contribution in [0, 0.1) is 6.92 Å². The van der Waals surface area contributed by atoms with Crippen molar-refractivity contribution < 1.29 is 0 Å². The van der Waals surface area contributed by atoms with Crippen molar-refractivity contribution in [2.24, 2.45) is 0 Å². The van der Waals surface area contributed by atoms with Crippen molar-refractivity contribution in [3.63, 3.8) is 0 Å². The zero-order valence-electron chi connectivity index (χ0n) is 12.7. The van der Waals surface area contributed by atoms with Crippen LogP contribution in [0.3, 0.4) is 0 Å². The van der Waals surface area contributed by atoms with Gasteiger partial charge in [0.1, 0.15) is 0 Å². The zero-order valence-corrected chi connectivity index (χ0v) is 12.7. The fraction of sp³-hybridized carbons (Fsp3) is 0.647. The van der Waals surface area contributed by atoms with Gasteiger partial charge in [-0.25, -0.2) is 0 Å². The van der Waals surface area contributed by atoms with Crippen LogP contribution in [0.15, 0.2) is 24.3 Å². The van der Waals surface area contributed by atoms with Gasteiger partial charge in [-0.15, -0.1) is 0 Å². The molecule has 2 heteroatoms. The van der Waals surface area contributed by atoms with Crippen LogP contribution in [0.4, 0.5) is 0 Å². The molecule has 0 aliphatic carbocycles. The minimum absolute atomic E-state index is 0.793. The van der Waals surface area contributed by atoms with Crippen LogP contribution in [0.1, 0.15) is 37.8 Å². The highest BCUT2D eigenvalue weighted by atomic mass is 15.3. The summed E-state index contributed by atoms with van der Waals surface area (Å²) < 4.78 is 0. The zero-order chi connectivity index (χ0) is 13.7. The maximum atomic E-state index is 2.67. The van der Waals surface area contributed by atoms with Gasteiger partial charge >= 0.3 is 0 Å². The average molecular weight is 260 g/mol. The molecule has 1 saturated heterocycles. The van der Waals surface area contributed by atoms with Gasteiger partial charge in [-0.3, -0.25) is 9.80 Å². The Labute approximate surface area is 118 Å². The summed E-state index contributed by atoms with van der Waals surface area (Å²) in [5.41, 5.74) is 2.82. The van der Waals surface area contributed by atoms with Crippen molar-refractivity contribution in [1.82, 2.24) is 9.80 Å². The molecule has 19 heavy (non-hydrogen) atoms. The first-order valence-corrected chi connectivity index (χ1v) is 7.74. The van der Waals surface area contributed by atoms with E-state index in [4.69, 9.17) is 0 Å². The summed E-state index contributed by atoms with van der Waals surface area (Å²) in [6, 6.07) is 9.70. The van der Waals surface area contributed by atoms with Crippen LogP contribution in [-0.4, -0.2) is 42.0 Å². The van der Waals surface area contributed by atoms with E-state index in [0.717, 1.165) is 12.6 Å². The van der Waals surface area contributed by atoms with Gasteiger partial charge in [-0.2, -0.15) is 0 Å². The van der Waals surface area contributed by atoms with Crippen molar-refractivity contribution in [3.8, 4) is 0 Å². The molecular formula is C17H28N2. The monoisotopic (exact) mass is 260 g/mol. The fourth-order valence-electron chi connectivity index (χ4n) is 3.16. The molecule has 1 fully saturated rings. The van der Waals surface area contributed by atoms with E-state index >= 15 is 0 Å². The number of aryl methyl sites for hydroxylation is 1. The van der Waals surface area contributed by atoms with Gasteiger partial charge in [-0.1, -0.05) is 43.7 Å². The molecule has 106 valence electrons. The molecule has 2 rings (SSSR count). The Morgan fingerprint density at radius 2 is 1.74 bits per heavy atom. The SMILES string of the molecule is CCC(CC)N1CCN(Cc2cccc(C)c2)CC1. The van der Waals surface area contributed by atoms with Gasteiger partial charge in [0.25, 0.3) is 0 Å². The Balaban J connectivity index is 1.83. The lowest BCUT2D eigenvalue weighted by molar-refractivity contribution is 0.0881. The van der Waals surface area contributed by atoms with E-state index in [1.54, 1.807) is 0 Å². The Kier molecular flexibility index (Phi) is 5.41. The number of hydrogen-bond acceptors (Lipinski definition) is 2. The van der Waals surface area contributed by atoms with Crippen LogP contribution in [0.25, 0.3) is 0 Å². The highest BCUT2D eigenvalue weighted by molar-refractivity contribution is 5.22. The molecule has 0 radical (unpaired) electrons. The number of rotatable bonds is 5. The number of nitrogens with zero attached hydrogens (tertiary/aromatic N) is 2. The van der Waals surface area contributed by atoms with Gasteiger partial charge < -0.3 is 0 Å². The van der Waals surface area contributed by atoms with Crippen molar-refractivity contribution in [2.75, 3.05) is 26.2 Å². The molecule has 0 atom stereocenters. The Bertz CT molecular complexity index is 377. The minimum atomic E-state index is 0.793. The molecule has 2 nitrogen and oxygen atoms in total. The maximum Gasteiger partial charge on any atom is 0.0234 e. The van der Waals surface area contributed by atoms with Gasteiger partial charge in [-0.05, 0) is 25.3 Å². The van der Waals surface area contributed by atoms with Crippen molar-refractivity contribution >= 4 is 0 Å². The van der Waals surface area contributed by atoms with Crippen LogP contribution < -0.4 is 0 Å². The molecule has 0 N–H and O–H groups in total. The lowest BCUT2D eigenvalue weighted by Gasteiger charge is -2.38. The molecular weight excluding hydrogens is 232 g/mol. The Morgan fingerprint density at radius 3 is 2.32 bits per heavy atom. The lowest BCUT2D eigenvalue weighted by atomic mass is 10.1. The smallest absolute Gasteiger partial charge is 0.0234 e. The Hall–Kier alpha value is -0.860. The van der Waals surface area contributed by atoms with E-state index in [1.807, 2.05) is 0 Å². The molecule has 1 aromatic carbocycles. The number of piperazine rings is 1. The Morgan fingerprint density at radius 1 is 1.05 bits per heavy atom. The third kappa shape index (κ3) is 4.05. The minimum Gasteiger partial charge on any atom is -0.298 e. The molecule has 1 aliphatic heterocycles. The van der Waals surface area contributed by atoms with Crippen LogP contribution in [-0.2, 0) is 6.54 Å². The molecule has 0 amide bonds. The summed E-state index contributed by atoms with van der Waals surface area (Å²) in [5, 5.41) is 0. The average Bonchev–Trinajstić information content (AvgIpc) is 2.42. The summed E-state index contributed by atoms with van der Waals surface area (Å²) in [5.74, 6) is 0. The second-order valence-corrected chi connectivity index (χ2v) is 5.77. The molecule has 1 heterocycles. The van der Waals surface area contributed by atoms with E-state index in [9.17, 15) is 0 Å². The van der Waals surface area contributed by atoms with Gasteiger partial charge in [0.2, 0.25) is 0 Å². The van der Waals surface area contributed by atoms with Crippen molar-refractivity contribution in [3.05, 3.63) is 35.4 Å². The molecule has 0 spiro atoms. The van der Waals surface area contributed by atoms with Crippen molar-refractivity contribution in [2.45, 2.75) is 46.2 Å². The van der Waals surface area contributed by atoms with E-state index in [1.165, 1.54) is 50.1 Å². The molecule has 1 aromatic rings.